The summed E-state index contributed by atoms with van der Waals surface area (Å²) in [5, 5.41) is 3.63. The van der Waals surface area contributed by atoms with Crippen molar-refractivity contribution in [1.29, 1.82) is 0 Å². The molecule has 0 spiro atoms. The van der Waals surface area contributed by atoms with E-state index in [0.717, 1.165) is 6.54 Å². The van der Waals surface area contributed by atoms with Crippen LogP contribution in [-0.2, 0) is 14.8 Å². The molecule has 1 amide bonds. The van der Waals surface area contributed by atoms with Gasteiger partial charge in [0.15, 0.2) is 0 Å². The van der Waals surface area contributed by atoms with Crippen LogP contribution >= 0.6 is 23.2 Å². The van der Waals surface area contributed by atoms with Crippen LogP contribution in [0.15, 0.2) is 23.1 Å². The lowest BCUT2D eigenvalue weighted by molar-refractivity contribution is -0.126. The summed E-state index contributed by atoms with van der Waals surface area (Å²) in [6.45, 7) is 4.33. The average Bonchev–Trinajstić information content (AvgIpc) is 2.74. The lowest BCUT2D eigenvalue weighted by Crippen LogP contribution is -2.55. The Morgan fingerprint density at radius 1 is 1.10 bits per heavy atom. The molecule has 29 heavy (non-hydrogen) atoms. The fraction of sp³-hybridized carbons (Fsp3) is 0.650. The summed E-state index contributed by atoms with van der Waals surface area (Å²) in [6, 6.07) is 4.07. The van der Waals surface area contributed by atoms with Gasteiger partial charge < -0.3 is 5.32 Å². The van der Waals surface area contributed by atoms with Crippen molar-refractivity contribution in [2.75, 3.05) is 32.7 Å². The maximum atomic E-state index is 12.9. The highest BCUT2D eigenvalue weighted by Gasteiger charge is 2.32. The van der Waals surface area contributed by atoms with Gasteiger partial charge >= 0.3 is 0 Å². The molecule has 0 bridgehead atoms. The first-order valence-electron chi connectivity index (χ1n) is 10.3. The summed E-state index contributed by atoms with van der Waals surface area (Å²) < 4.78 is 27.2. The monoisotopic (exact) mass is 461 g/mol. The summed E-state index contributed by atoms with van der Waals surface area (Å²) >= 11 is 11.9. The van der Waals surface area contributed by atoms with Crippen LogP contribution < -0.4 is 5.32 Å². The van der Waals surface area contributed by atoms with Crippen LogP contribution in [0.4, 0.5) is 0 Å². The van der Waals surface area contributed by atoms with Crippen LogP contribution in [0.5, 0.6) is 0 Å². The van der Waals surface area contributed by atoms with E-state index < -0.39 is 10.0 Å². The fourth-order valence-electron chi connectivity index (χ4n) is 4.07. The third kappa shape index (κ3) is 5.64. The number of halogens is 2. The molecule has 1 N–H and O–H groups in total. The molecule has 1 aromatic carbocycles. The minimum atomic E-state index is -3.63. The zero-order valence-electron chi connectivity index (χ0n) is 16.7. The Hall–Kier alpha value is -0.860. The van der Waals surface area contributed by atoms with Gasteiger partial charge in [0.05, 0.1) is 21.0 Å². The van der Waals surface area contributed by atoms with Crippen molar-refractivity contribution in [3.05, 3.63) is 28.2 Å². The van der Waals surface area contributed by atoms with Crippen LogP contribution in [0.1, 0.15) is 39.0 Å². The van der Waals surface area contributed by atoms with Gasteiger partial charge in [-0.2, -0.15) is 4.31 Å². The van der Waals surface area contributed by atoms with E-state index in [4.69, 9.17) is 23.2 Å². The number of amides is 1. The maximum Gasteiger partial charge on any atom is 0.243 e. The Labute approximate surface area is 183 Å². The quantitative estimate of drug-likeness (QED) is 0.704. The zero-order valence-corrected chi connectivity index (χ0v) is 19.1. The second-order valence-electron chi connectivity index (χ2n) is 7.94. The van der Waals surface area contributed by atoms with E-state index in [2.05, 4.69) is 5.32 Å². The Bertz CT molecular complexity index is 820. The number of carbonyl (C=O) groups excluding carboxylic acids is 1. The predicted molar refractivity (Wildman–Crippen MR) is 116 cm³/mol. The van der Waals surface area contributed by atoms with Gasteiger partial charge in [0.1, 0.15) is 0 Å². The third-order valence-corrected chi connectivity index (χ3v) is 8.65. The minimum absolute atomic E-state index is 0.0244. The molecule has 1 aliphatic carbocycles. The first-order valence-corrected chi connectivity index (χ1v) is 12.5. The average molecular weight is 462 g/mol. The molecule has 1 saturated carbocycles. The molecule has 2 aliphatic rings. The highest BCUT2D eigenvalue weighted by molar-refractivity contribution is 7.89. The van der Waals surface area contributed by atoms with Crippen molar-refractivity contribution in [3.63, 3.8) is 0 Å². The second kappa shape index (κ2) is 9.96. The molecule has 0 unspecified atom stereocenters. The lowest BCUT2D eigenvalue weighted by atomic mass is 9.89. The lowest BCUT2D eigenvalue weighted by Gasteiger charge is -2.37. The molecule has 1 heterocycles. The van der Waals surface area contributed by atoms with E-state index >= 15 is 0 Å². The molecule has 162 valence electrons. The standard InChI is InChI=1S/C20H29Cl2N3O3S/c1-15(20(26)23-14-16-5-3-2-4-6-16)24-9-11-25(12-10-24)29(27,28)17-7-8-18(21)19(22)13-17/h7-8,13,15-16H,2-6,9-12,14H2,1H3,(H,23,26)/t15-/m0/s1. The topological polar surface area (TPSA) is 69.7 Å². The molecule has 6 nitrogen and oxygen atoms in total. The highest BCUT2D eigenvalue weighted by atomic mass is 35.5. The van der Waals surface area contributed by atoms with E-state index in [0.29, 0.717) is 37.1 Å². The number of nitrogens with zero attached hydrogens (tertiary/aromatic N) is 2. The van der Waals surface area contributed by atoms with Crippen LogP contribution in [0, 0.1) is 5.92 Å². The van der Waals surface area contributed by atoms with Crippen molar-refractivity contribution in [1.82, 2.24) is 14.5 Å². The molecule has 1 aromatic rings. The van der Waals surface area contributed by atoms with Gasteiger partial charge in [0.25, 0.3) is 0 Å². The van der Waals surface area contributed by atoms with Crippen molar-refractivity contribution >= 4 is 39.1 Å². The van der Waals surface area contributed by atoms with Crippen molar-refractivity contribution < 1.29 is 13.2 Å². The molecule has 1 saturated heterocycles. The van der Waals surface area contributed by atoms with Crippen molar-refractivity contribution in [2.24, 2.45) is 5.92 Å². The normalized spacial score (nSPS) is 21.1. The van der Waals surface area contributed by atoms with E-state index in [1.54, 1.807) is 0 Å². The summed E-state index contributed by atoms with van der Waals surface area (Å²) in [6.07, 6.45) is 6.20. The van der Waals surface area contributed by atoms with E-state index in [9.17, 15) is 13.2 Å². The highest BCUT2D eigenvalue weighted by Crippen LogP contribution is 2.27. The van der Waals surface area contributed by atoms with Gasteiger partial charge in [-0.1, -0.05) is 42.5 Å². The number of sulfonamides is 1. The summed E-state index contributed by atoms with van der Waals surface area (Å²) in [7, 11) is -3.63. The van der Waals surface area contributed by atoms with Gasteiger partial charge in [-0.15, -0.1) is 0 Å². The number of hydrogen-bond donors (Lipinski definition) is 1. The third-order valence-electron chi connectivity index (χ3n) is 6.02. The number of rotatable bonds is 6. The summed E-state index contributed by atoms with van der Waals surface area (Å²) in [5.74, 6) is 0.615. The molecular weight excluding hydrogens is 433 g/mol. The van der Waals surface area contributed by atoms with Crippen LogP contribution in [0.2, 0.25) is 10.0 Å². The molecule has 3 rings (SSSR count). The largest absolute Gasteiger partial charge is 0.354 e. The van der Waals surface area contributed by atoms with Gasteiger partial charge in [0.2, 0.25) is 15.9 Å². The summed E-state index contributed by atoms with van der Waals surface area (Å²) in [4.78, 5) is 14.7. The van der Waals surface area contributed by atoms with Crippen LogP contribution in [0.25, 0.3) is 0 Å². The smallest absolute Gasteiger partial charge is 0.243 e. The Morgan fingerprint density at radius 3 is 2.38 bits per heavy atom. The summed E-state index contributed by atoms with van der Waals surface area (Å²) in [5.41, 5.74) is 0. The zero-order chi connectivity index (χ0) is 21.0. The molecule has 2 fully saturated rings. The number of carbonyl (C=O) groups is 1. The molecule has 9 heteroatoms. The van der Waals surface area contributed by atoms with Gasteiger partial charge in [-0.05, 0) is 43.9 Å². The minimum Gasteiger partial charge on any atom is -0.354 e. The van der Waals surface area contributed by atoms with Crippen LogP contribution in [0.3, 0.4) is 0 Å². The number of hydrogen-bond acceptors (Lipinski definition) is 4. The first kappa shape index (κ1) is 22.8. The molecule has 0 radical (unpaired) electrons. The number of nitrogens with one attached hydrogen (secondary N) is 1. The van der Waals surface area contributed by atoms with Crippen molar-refractivity contribution in [3.8, 4) is 0 Å². The Balaban J connectivity index is 1.52. The fourth-order valence-corrected chi connectivity index (χ4v) is 5.88. The predicted octanol–water partition coefficient (Wildman–Crippen LogP) is 3.38. The first-order chi connectivity index (χ1) is 13.8. The SMILES string of the molecule is C[C@@H](C(=O)NCC1CCCCC1)N1CCN(S(=O)(=O)c2ccc(Cl)c(Cl)c2)CC1. The van der Waals surface area contributed by atoms with Crippen molar-refractivity contribution in [2.45, 2.75) is 50.0 Å². The van der Waals surface area contributed by atoms with Gasteiger partial charge in [0, 0.05) is 32.7 Å². The molecule has 1 atom stereocenters. The number of benzene rings is 1. The second-order valence-corrected chi connectivity index (χ2v) is 10.7. The van der Waals surface area contributed by atoms with E-state index in [1.807, 2.05) is 11.8 Å². The molecular formula is C20H29Cl2N3O3S. The van der Waals surface area contributed by atoms with E-state index in [-0.39, 0.29) is 21.9 Å². The Morgan fingerprint density at radius 2 is 1.76 bits per heavy atom. The van der Waals surface area contributed by atoms with E-state index in [1.165, 1.54) is 54.6 Å². The number of piperazine rings is 1. The molecule has 1 aliphatic heterocycles. The Kier molecular flexibility index (Phi) is 7.84. The maximum absolute atomic E-state index is 12.9. The van der Waals surface area contributed by atoms with Crippen LogP contribution in [-0.4, -0.2) is 62.3 Å². The van der Waals surface area contributed by atoms with Gasteiger partial charge in [-0.25, -0.2) is 8.42 Å². The molecule has 0 aromatic heterocycles. The van der Waals surface area contributed by atoms with Gasteiger partial charge in [-0.3, -0.25) is 9.69 Å².